The topological polar surface area (TPSA) is 21.3 Å². The molecular weight excluding hydrogens is 198 g/mol. The molecule has 16 heavy (non-hydrogen) atoms. The molecule has 2 heteroatoms. The average Bonchev–Trinajstić information content (AvgIpc) is 3.08. The molecule has 1 fully saturated rings. The highest BCUT2D eigenvalue weighted by Gasteiger charge is 2.38. The molecule has 0 aromatic rings. The summed E-state index contributed by atoms with van der Waals surface area (Å²) in [6, 6.07) is 0.553. The number of hydrogen-bond donors (Lipinski definition) is 1. The summed E-state index contributed by atoms with van der Waals surface area (Å²) < 4.78 is 5.74. The Hall–Kier alpha value is -0.0800. The fraction of sp³-hybridized carbons (Fsp3) is 1.00. The summed E-state index contributed by atoms with van der Waals surface area (Å²) in [7, 11) is 1.88. The second-order valence-electron chi connectivity index (χ2n) is 5.28. The summed E-state index contributed by atoms with van der Waals surface area (Å²) in [6.07, 6.45) is 6.94. The van der Waals surface area contributed by atoms with Gasteiger partial charge in [0.05, 0.1) is 6.10 Å². The molecule has 1 aliphatic rings. The van der Waals surface area contributed by atoms with Crippen LogP contribution in [-0.4, -0.2) is 25.8 Å². The third-order valence-corrected chi connectivity index (χ3v) is 3.70. The van der Waals surface area contributed by atoms with E-state index in [1.165, 1.54) is 32.1 Å². The highest BCUT2D eigenvalue weighted by atomic mass is 16.5. The van der Waals surface area contributed by atoms with Gasteiger partial charge in [-0.3, -0.25) is 0 Å². The van der Waals surface area contributed by atoms with Crippen LogP contribution in [0.5, 0.6) is 0 Å². The van der Waals surface area contributed by atoms with Crippen molar-refractivity contribution in [1.29, 1.82) is 0 Å². The molecule has 0 aromatic heterocycles. The van der Waals surface area contributed by atoms with Crippen molar-refractivity contribution in [3.8, 4) is 0 Å². The molecule has 0 aromatic carbocycles. The van der Waals surface area contributed by atoms with E-state index >= 15 is 0 Å². The largest absolute Gasteiger partial charge is 0.380 e. The monoisotopic (exact) mass is 227 g/mol. The number of nitrogens with one attached hydrogen (secondary N) is 1. The van der Waals surface area contributed by atoms with Gasteiger partial charge in [0.25, 0.3) is 0 Å². The third kappa shape index (κ3) is 4.06. The Kier molecular flexibility index (Phi) is 6.37. The first-order valence-corrected chi connectivity index (χ1v) is 7.00. The van der Waals surface area contributed by atoms with Crippen LogP contribution in [0, 0.1) is 11.8 Å². The number of hydrogen-bond acceptors (Lipinski definition) is 2. The second-order valence-corrected chi connectivity index (χ2v) is 5.28. The Morgan fingerprint density at radius 2 is 1.94 bits per heavy atom. The van der Waals surface area contributed by atoms with Crippen molar-refractivity contribution in [3.63, 3.8) is 0 Å². The molecule has 0 heterocycles. The van der Waals surface area contributed by atoms with Gasteiger partial charge in [-0.2, -0.15) is 0 Å². The van der Waals surface area contributed by atoms with E-state index in [9.17, 15) is 0 Å². The van der Waals surface area contributed by atoms with Gasteiger partial charge in [0.15, 0.2) is 0 Å². The van der Waals surface area contributed by atoms with Gasteiger partial charge < -0.3 is 10.1 Å². The average molecular weight is 227 g/mol. The van der Waals surface area contributed by atoms with E-state index in [-0.39, 0.29) is 0 Å². The Morgan fingerprint density at radius 1 is 1.25 bits per heavy atom. The van der Waals surface area contributed by atoms with Crippen LogP contribution in [0.3, 0.4) is 0 Å². The van der Waals surface area contributed by atoms with Gasteiger partial charge >= 0.3 is 0 Å². The standard InChI is InChI=1S/C14H29NO/c1-5-7-11(3)13(15-10-6-2)14(16-4)12-8-9-12/h11-15H,5-10H2,1-4H3. The lowest BCUT2D eigenvalue weighted by Gasteiger charge is -2.32. The molecule has 1 aliphatic carbocycles. The molecule has 0 bridgehead atoms. The van der Waals surface area contributed by atoms with Crippen molar-refractivity contribution in [2.75, 3.05) is 13.7 Å². The first kappa shape index (κ1) is 14.0. The van der Waals surface area contributed by atoms with Crippen molar-refractivity contribution in [2.24, 2.45) is 11.8 Å². The van der Waals surface area contributed by atoms with E-state index in [0.29, 0.717) is 12.1 Å². The Labute approximate surface area is 101 Å². The van der Waals surface area contributed by atoms with Gasteiger partial charge in [0.1, 0.15) is 0 Å². The maximum atomic E-state index is 5.74. The molecule has 1 saturated carbocycles. The predicted molar refractivity (Wildman–Crippen MR) is 69.7 cm³/mol. The van der Waals surface area contributed by atoms with E-state index < -0.39 is 0 Å². The Bertz CT molecular complexity index is 180. The number of methoxy groups -OCH3 is 1. The zero-order valence-corrected chi connectivity index (χ0v) is 11.5. The molecule has 3 atom stereocenters. The predicted octanol–water partition coefficient (Wildman–Crippen LogP) is 3.22. The Balaban J connectivity index is 2.52. The molecule has 0 radical (unpaired) electrons. The third-order valence-electron chi connectivity index (χ3n) is 3.70. The first-order valence-electron chi connectivity index (χ1n) is 7.00. The zero-order chi connectivity index (χ0) is 12.0. The highest BCUT2D eigenvalue weighted by molar-refractivity contribution is 4.92. The smallest absolute Gasteiger partial charge is 0.0754 e. The van der Waals surface area contributed by atoms with Crippen LogP contribution in [-0.2, 0) is 4.74 Å². The van der Waals surface area contributed by atoms with Crippen LogP contribution in [0.15, 0.2) is 0 Å². The Morgan fingerprint density at radius 3 is 2.38 bits per heavy atom. The normalized spacial score (nSPS) is 21.8. The lowest BCUT2D eigenvalue weighted by atomic mass is 9.90. The minimum Gasteiger partial charge on any atom is -0.380 e. The van der Waals surface area contributed by atoms with Crippen LogP contribution in [0.25, 0.3) is 0 Å². The molecule has 0 aliphatic heterocycles. The highest BCUT2D eigenvalue weighted by Crippen LogP contribution is 2.37. The van der Waals surface area contributed by atoms with Crippen LogP contribution in [0.1, 0.15) is 52.9 Å². The van der Waals surface area contributed by atoms with Gasteiger partial charge in [0.2, 0.25) is 0 Å². The molecule has 3 unspecified atom stereocenters. The van der Waals surface area contributed by atoms with Crippen LogP contribution >= 0.6 is 0 Å². The second kappa shape index (κ2) is 7.29. The molecule has 1 N–H and O–H groups in total. The van der Waals surface area contributed by atoms with Gasteiger partial charge in [0, 0.05) is 13.2 Å². The summed E-state index contributed by atoms with van der Waals surface area (Å²) in [5.41, 5.74) is 0. The molecule has 96 valence electrons. The maximum absolute atomic E-state index is 5.74. The van der Waals surface area contributed by atoms with Gasteiger partial charge in [-0.05, 0) is 44.1 Å². The zero-order valence-electron chi connectivity index (χ0n) is 11.5. The van der Waals surface area contributed by atoms with Gasteiger partial charge in [-0.15, -0.1) is 0 Å². The van der Waals surface area contributed by atoms with E-state index in [2.05, 4.69) is 26.1 Å². The minimum atomic E-state index is 0.438. The van der Waals surface area contributed by atoms with Crippen molar-refractivity contribution < 1.29 is 4.74 Å². The summed E-state index contributed by atoms with van der Waals surface area (Å²) in [5.74, 6) is 1.54. The van der Waals surface area contributed by atoms with Crippen LogP contribution < -0.4 is 5.32 Å². The van der Waals surface area contributed by atoms with Crippen molar-refractivity contribution in [3.05, 3.63) is 0 Å². The maximum Gasteiger partial charge on any atom is 0.0754 e. The first-order chi connectivity index (χ1) is 7.74. The van der Waals surface area contributed by atoms with Crippen LogP contribution in [0.4, 0.5) is 0 Å². The molecule has 0 amide bonds. The van der Waals surface area contributed by atoms with Gasteiger partial charge in [-0.25, -0.2) is 0 Å². The molecule has 0 spiro atoms. The summed E-state index contributed by atoms with van der Waals surface area (Å²) in [4.78, 5) is 0. The summed E-state index contributed by atoms with van der Waals surface area (Å²) in [6.45, 7) is 7.98. The lowest BCUT2D eigenvalue weighted by molar-refractivity contribution is 0.0324. The molecular formula is C14H29NO. The summed E-state index contributed by atoms with van der Waals surface area (Å²) >= 11 is 0. The van der Waals surface area contributed by atoms with Crippen molar-refractivity contribution in [1.82, 2.24) is 5.32 Å². The van der Waals surface area contributed by atoms with E-state index in [4.69, 9.17) is 4.74 Å². The quantitative estimate of drug-likeness (QED) is 0.653. The van der Waals surface area contributed by atoms with Crippen molar-refractivity contribution >= 4 is 0 Å². The fourth-order valence-corrected chi connectivity index (χ4v) is 2.64. The SMILES string of the molecule is CCCNC(C(C)CCC)C(OC)C1CC1. The van der Waals surface area contributed by atoms with E-state index in [1.807, 2.05) is 7.11 Å². The number of ether oxygens (including phenoxy) is 1. The van der Waals surface area contributed by atoms with Crippen molar-refractivity contribution in [2.45, 2.75) is 65.0 Å². The van der Waals surface area contributed by atoms with Gasteiger partial charge in [-0.1, -0.05) is 27.2 Å². The van der Waals surface area contributed by atoms with E-state index in [0.717, 1.165) is 18.4 Å². The van der Waals surface area contributed by atoms with E-state index in [1.54, 1.807) is 0 Å². The molecule has 1 rings (SSSR count). The van der Waals surface area contributed by atoms with Crippen LogP contribution in [0.2, 0.25) is 0 Å². The number of rotatable bonds is 9. The molecule has 2 nitrogen and oxygen atoms in total. The summed E-state index contributed by atoms with van der Waals surface area (Å²) in [5, 5.41) is 3.70. The lowest BCUT2D eigenvalue weighted by Crippen LogP contribution is -2.47. The minimum absolute atomic E-state index is 0.438. The molecule has 0 saturated heterocycles. The fourth-order valence-electron chi connectivity index (χ4n) is 2.64.